The fraction of sp³-hybridized carbons (Fsp3) is 0.375. The molecule has 0 spiro atoms. The minimum Gasteiger partial charge on any atom is -0.437 e. The van der Waals surface area contributed by atoms with Crippen molar-refractivity contribution < 1.29 is 4.74 Å². The van der Waals surface area contributed by atoms with Crippen molar-refractivity contribution in [2.24, 2.45) is 0 Å². The van der Waals surface area contributed by atoms with Crippen LogP contribution in [-0.4, -0.2) is 17.0 Å². The van der Waals surface area contributed by atoms with Crippen LogP contribution in [0.25, 0.3) is 0 Å². The number of aromatic nitrogens is 2. The molecule has 2 heterocycles. The number of rotatable bonds is 4. The van der Waals surface area contributed by atoms with E-state index in [4.69, 9.17) is 4.74 Å². The van der Waals surface area contributed by atoms with Gasteiger partial charge in [-0.1, -0.05) is 20.8 Å². The minimum atomic E-state index is -0.0304. The summed E-state index contributed by atoms with van der Waals surface area (Å²) in [5, 5.41) is 3.16. The van der Waals surface area contributed by atoms with Gasteiger partial charge in [-0.2, -0.15) is 0 Å². The van der Waals surface area contributed by atoms with Crippen molar-refractivity contribution in [2.75, 3.05) is 7.05 Å². The normalized spacial score (nSPS) is 11.5. The Morgan fingerprint density at radius 2 is 1.95 bits per heavy atom. The first-order valence-corrected chi connectivity index (χ1v) is 7.62. The van der Waals surface area contributed by atoms with Crippen LogP contribution in [0.4, 0.5) is 0 Å². The highest BCUT2D eigenvalue weighted by molar-refractivity contribution is 9.10. The number of hydrogen-bond acceptors (Lipinski definition) is 4. The maximum Gasteiger partial charge on any atom is 0.219 e. The summed E-state index contributed by atoms with van der Waals surface area (Å²) in [5.74, 6) is 1.26. The summed E-state index contributed by atoms with van der Waals surface area (Å²) in [6.07, 6.45) is 3.40. The molecule has 5 heteroatoms. The van der Waals surface area contributed by atoms with Gasteiger partial charge in [0.25, 0.3) is 0 Å². The summed E-state index contributed by atoms with van der Waals surface area (Å²) >= 11 is 3.39. The van der Waals surface area contributed by atoms with Crippen molar-refractivity contribution in [3.8, 4) is 11.6 Å². The zero-order valence-corrected chi connectivity index (χ0v) is 14.4. The molecule has 0 aromatic carbocycles. The van der Waals surface area contributed by atoms with Gasteiger partial charge >= 0.3 is 0 Å². The second-order valence-corrected chi connectivity index (χ2v) is 6.84. The molecule has 0 atom stereocenters. The highest BCUT2D eigenvalue weighted by atomic mass is 79.9. The summed E-state index contributed by atoms with van der Waals surface area (Å²) < 4.78 is 6.73. The molecular formula is C16H20BrN3O. The Morgan fingerprint density at radius 1 is 1.19 bits per heavy atom. The van der Waals surface area contributed by atoms with Crippen molar-refractivity contribution in [1.82, 2.24) is 15.3 Å². The molecular weight excluding hydrogens is 330 g/mol. The predicted octanol–water partition coefficient (Wildman–Crippen LogP) is 4.05. The third-order valence-electron chi connectivity index (χ3n) is 2.91. The van der Waals surface area contributed by atoms with Gasteiger partial charge in [0.05, 0.1) is 11.9 Å². The Hall–Kier alpha value is -1.46. The van der Waals surface area contributed by atoms with Crippen LogP contribution in [0.5, 0.6) is 11.6 Å². The molecule has 21 heavy (non-hydrogen) atoms. The zero-order valence-electron chi connectivity index (χ0n) is 12.8. The molecule has 112 valence electrons. The molecule has 0 saturated carbocycles. The second-order valence-electron chi connectivity index (χ2n) is 5.92. The predicted molar refractivity (Wildman–Crippen MR) is 87.7 cm³/mol. The van der Waals surface area contributed by atoms with Crippen LogP contribution in [0.1, 0.15) is 32.0 Å². The molecule has 0 bridgehead atoms. The van der Waals surface area contributed by atoms with E-state index in [-0.39, 0.29) is 5.41 Å². The van der Waals surface area contributed by atoms with Gasteiger partial charge in [-0.05, 0) is 40.7 Å². The summed E-state index contributed by atoms with van der Waals surface area (Å²) in [5.41, 5.74) is 2.13. The quantitative estimate of drug-likeness (QED) is 0.904. The van der Waals surface area contributed by atoms with Crippen LogP contribution in [0, 0.1) is 0 Å². The van der Waals surface area contributed by atoms with Crippen molar-refractivity contribution >= 4 is 15.9 Å². The average Bonchev–Trinajstić information content (AvgIpc) is 2.37. The average molecular weight is 350 g/mol. The van der Waals surface area contributed by atoms with Crippen LogP contribution in [0.15, 0.2) is 35.1 Å². The first-order chi connectivity index (χ1) is 9.88. The Balaban J connectivity index is 2.35. The van der Waals surface area contributed by atoms with E-state index < -0.39 is 0 Å². The SMILES string of the molecule is CNCc1cc(Oc2cncc(Br)c2)nc(C(C)(C)C)c1. The Bertz CT molecular complexity index is 623. The first-order valence-electron chi connectivity index (χ1n) is 6.83. The largest absolute Gasteiger partial charge is 0.437 e. The molecule has 0 unspecified atom stereocenters. The molecule has 0 aliphatic rings. The smallest absolute Gasteiger partial charge is 0.219 e. The lowest BCUT2D eigenvalue weighted by Gasteiger charge is -2.20. The molecule has 0 fully saturated rings. The summed E-state index contributed by atoms with van der Waals surface area (Å²) in [6, 6.07) is 5.94. The molecule has 0 aliphatic carbocycles. The second kappa shape index (κ2) is 6.54. The molecule has 2 rings (SSSR count). The van der Waals surface area contributed by atoms with Crippen LogP contribution in [0.3, 0.4) is 0 Å². The van der Waals surface area contributed by atoms with E-state index in [1.165, 1.54) is 0 Å². The number of nitrogens with zero attached hydrogens (tertiary/aromatic N) is 2. The van der Waals surface area contributed by atoms with Crippen LogP contribution in [0.2, 0.25) is 0 Å². The van der Waals surface area contributed by atoms with Crippen LogP contribution >= 0.6 is 15.9 Å². The van der Waals surface area contributed by atoms with E-state index in [9.17, 15) is 0 Å². The molecule has 1 N–H and O–H groups in total. The summed E-state index contributed by atoms with van der Waals surface area (Å²) in [6.45, 7) is 7.20. The molecule has 4 nitrogen and oxygen atoms in total. The summed E-state index contributed by atoms with van der Waals surface area (Å²) in [7, 11) is 1.93. The summed E-state index contributed by atoms with van der Waals surface area (Å²) in [4.78, 5) is 8.72. The van der Waals surface area contributed by atoms with Gasteiger partial charge in [-0.3, -0.25) is 4.98 Å². The minimum absolute atomic E-state index is 0.0304. The highest BCUT2D eigenvalue weighted by Gasteiger charge is 2.17. The number of halogens is 1. The van der Waals surface area contributed by atoms with E-state index in [0.717, 1.165) is 22.3 Å². The number of pyridine rings is 2. The van der Waals surface area contributed by atoms with E-state index >= 15 is 0 Å². The van der Waals surface area contributed by atoms with Gasteiger partial charge in [-0.25, -0.2) is 4.98 Å². The lowest BCUT2D eigenvalue weighted by molar-refractivity contribution is 0.448. The number of hydrogen-bond donors (Lipinski definition) is 1. The van der Waals surface area contributed by atoms with Crippen LogP contribution in [-0.2, 0) is 12.0 Å². The maximum absolute atomic E-state index is 5.85. The molecule has 0 radical (unpaired) electrons. The highest BCUT2D eigenvalue weighted by Crippen LogP contribution is 2.27. The Kier molecular flexibility index (Phi) is 4.96. The van der Waals surface area contributed by atoms with E-state index in [1.807, 2.05) is 19.2 Å². The molecule has 0 aliphatic heterocycles. The van der Waals surface area contributed by atoms with Crippen molar-refractivity contribution in [3.63, 3.8) is 0 Å². The molecule has 0 saturated heterocycles. The Morgan fingerprint density at radius 3 is 2.57 bits per heavy atom. The Labute approximate surface area is 134 Å². The van der Waals surface area contributed by atoms with Gasteiger partial charge < -0.3 is 10.1 Å². The van der Waals surface area contributed by atoms with Gasteiger partial charge in [-0.15, -0.1) is 0 Å². The van der Waals surface area contributed by atoms with Crippen LogP contribution < -0.4 is 10.1 Å². The zero-order chi connectivity index (χ0) is 15.5. The molecule has 0 amide bonds. The van der Waals surface area contributed by atoms with Crippen molar-refractivity contribution in [1.29, 1.82) is 0 Å². The van der Waals surface area contributed by atoms with Crippen molar-refractivity contribution in [2.45, 2.75) is 32.7 Å². The number of ether oxygens (including phenoxy) is 1. The third kappa shape index (κ3) is 4.51. The third-order valence-corrected chi connectivity index (χ3v) is 3.35. The number of nitrogens with one attached hydrogen (secondary N) is 1. The van der Waals surface area contributed by atoms with E-state index in [0.29, 0.717) is 11.6 Å². The van der Waals surface area contributed by atoms with Gasteiger partial charge in [0.15, 0.2) is 0 Å². The fourth-order valence-electron chi connectivity index (χ4n) is 1.87. The van der Waals surface area contributed by atoms with Gasteiger partial charge in [0.2, 0.25) is 5.88 Å². The first kappa shape index (κ1) is 15.9. The fourth-order valence-corrected chi connectivity index (χ4v) is 2.21. The standard InChI is InChI=1S/C16H20BrN3O/c1-16(2,3)14-5-11(8-18-4)6-15(20-14)21-13-7-12(17)9-19-10-13/h5-7,9-10,18H,8H2,1-4H3. The van der Waals surface area contributed by atoms with E-state index in [1.54, 1.807) is 12.4 Å². The van der Waals surface area contributed by atoms with Gasteiger partial charge in [0, 0.05) is 28.7 Å². The molecule has 2 aromatic heterocycles. The maximum atomic E-state index is 5.85. The lowest BCUT2D eigenvalue weighted by atomic mass is 9.91. The lowest BCUT2D eigenvalue weighted by Crippen LogP contribution is -2.15. The molecule has 2 aromatic rings. The van der Waals surface area contributed by atoms with E-state index in [2.05, 4.69) is 58.1 Å². The topological polar surface area (TPSA) is 47.0 Å². The monoisotopic (exact) mass is 349 g/mol. The van der Waals surface area contributed by atoms with Crippen molar-refractivity contribution in [3.05, 3.63) is 46.3 Å². The van der Waals surface area contributed by atoms with Gasteiger partial charge in [0.1, 0.15) is 5.75 Å².